The maximum Gasteiger partial charge on any atom is 0.327 e. The van der Waals surface area contributed by atoms with Crippen LogP contribution in [0.15, 0.2) is 0 Å². The molecule has 2 N–H and O–H groups in total. The molecular weight excluding hydrogens is 363 g/mol. The number of hydrogen-bond donors (Lipinski definition) is 2. The van der Waals surface area contributed by atoms with Crippen LogP contribution in [0.1, 0.15) is 116 Å². The van der Waals surface area contributed by atoms with Gasteiger partial charge in [0.1, 0.15) is 0 Å². The fourth-order valence-corrected chi connectivity index (χ4v) is 3.40. The zero-order chi connectivity index (χ0) is 20.0. The molecule has 6 heteroatoms. The zero-order valence-corrected chi connectivity index (χ0v) is 18.4. The molecule has 0 aromatic rings. The molecule has 0 saturated carbocycles. The molecule has 0 aromatic carbocycles. The van der Waals surface area contributed by atoms with Crippen LogP contribution in [0.4, 0.5) is 0 Å². The molecule has 5 nitrogen and oxygen atoms in total. The van der Waals surface area contributed by atoms with Crippen molar-refractivity contribution in [1.29, 1.82) is 0 Å². The second-order valence-corrected chi connectivity index (χ2v) is 8.12. The molecule has 0 atom stereocenters. The van der Waals surface area contributed by atoms with Gasteiger partial charge in [-0.1, -0.05) is 96.8 Å². The van der Waals surface area contributed by atoms with Crippen LogP contribution in [0.5, 0.6) is 0 Å². The van der Waals surface area contributed by atoms with Crippen molar-refractivity contribution < 1.29 is 23.8 Å². The second-order valence-electron chi connectivity index (χ2n) is 7.36. The van der Waals surface area contributed by atoms with Crippen LogP contribution < -0.4 is 0 Å². The number of rotatable bonds is 21. The molecule has 0 fully saturated rings. The lowest BCUT2D eigenvalue weighted by Gasteiger charge is -2.06. The van der Waals surface area contributed by atoms with Gasteiger partial charge in [0.05, 0.1) is 13.2 Å². The molecule has 0 rings (SSSR count). The van der Waals surface area contributed by atoms with Crippen LogP contribution in [0.3, 0.4) is 0 Å². The molecule has 27 heavy (non-hydrogen) atoms. The molecular formula is C21H43O5P. The van der Waals surface area contributed by atoms with E-state index < -0.39 is 8.60 Å². The molecule has 0 spiro atoms. The maximum atomic E-state index is 11.5. The fraction of sp³-hybridized carbons (Fsp3) is 0.952. The Kier molecular flexibility index (Phi) is 21.9. The summed E-state index contributed by atoms with van der Waals surface area (Å²) in [6.07, 6.45) is 20.7. The van der Waals surface area contributed by atoms with E-state index in [1.54, 1.807) is 0 Å². The first kappa shape index (κ1) is 26.8. The number of carbonyl (C=O) groups is 1. The van der Waals surface area contributed by atoms with Crippen molar-refractivity contribution in [3.05, 3.63) is 0 Å². The number of esters is 1. The number of ether oxygens (including phenoxy) is 1. The van der Waals surface area contributed by atoms with Gasteiger partial charge in [-0.3, -0.25) is 4.79 Å². The molecule has 0 aliphatic rings. The summed E-state index contributed by atoms with van der Waals surface area (Å²) in [6, 6.07) is 0. The minimum absolute atomic E-state index is 0.167. The molecule has 0 saturated heterocycles. The van der Waals surface area contributed by atoms with Crippen molar-refractivity contribution in [1.82, 2.24) is 0 Å². The first-order valence-corrected chi connectivity index (χ1v) is 12.3. The van der Waals surface area contributed by atoms with E-state index in [1.807, 2.05) is 0 Å². The predicted octanol–water partition coefficient (Wildman–Crippen LogP) is 6.41. The van der Waals surface area contributed by atoms with E-state index in [0.717, 1.165) is 12.8 Å². The van der Waals surface area contributed by atoms with Gasteiger partial charge in [0, 0.05) is 12.8 Å². The summed E-state index contributed by atoms with van der Waals surface area (Å²) in [5.74, 6) is -0.167. The Morgan fingerprint density at radius 3 is 1.56 bits per heavy atom. The van der Waals surface area contributed by atoms with Crippen molar-refractivity contribution in [2.75, 3.05) is 13.2 Å². The molecule has 0 unspecified atom stereocenters. The minimum Gasteiger partial charge on any atom is -0.466 e. The average molecular weight is 407 g/mol. The van der Waals surface area contributed by atoms with Gasteiger partial charge in [-0.25, -0.2) is 0 Å². The normalized spacial score (nSPS) is 11.3. The third-order valence-corrected chi connectivity index (χ3v) is 5.16. The Morgan fingerprint density at radius 2 is 1.11 bits per heavy atom. The predicted molar refractivity (Wildman–Crippen MR) is 112 cm³/mol. The summed E-state index contributed by atoms with van der Waals surface area (Å²) in [5, 5.41) is 0. The van der Waals surface area contributed by atoms with Crippen LogP contribution in [0.2, 0.25) is 0 Å². The third-order valence-electron chi connectivity index (χ3n) is 4.74. The topological polar surface area (TPSA) is 76.0 Å². The Labute approximate surface area is 168 Å². The molecule has 0 bridgehead atoms. The standard InChI is InChI=1S/C21H43O5P/c1-2-3-4-5-6-7-8-9-10-11-12-13-14-15-16-18-21(22)25-19-17-20-26-27(23)24/h23-24H,2-20H2,1H3. The lowest BCUT2D eigenvalue weighted by atomic mass is 10.0. The summed E-state index contributed by atoms with van der Waals surface area (Å²) >= 11 is 0. The van der Waals surface area contributed by atoms with Gasteiger partial charge >= 0.3 is 14.6 Å². The molecule has 0 radical (unpaired) electrons. The molecule has 0 aliphatic carbocycles. The van der Waals surface area contributed by atoms with E-state index >= 15 is 0 Å². The monoisotopic (exact) mass is 406 g/mol. The highest BCUT2D eigenvalue weighted by Gasteiger charge is 2.03. The highest BCUT2D eigenvalue weighted by atomic mass is 31.2. The van der Waals surface area contributed by atoms with Crippen molar-refractivity contribution >= 4 is 14.6 Å². The van der Waals surface area contributed by atoms with Gasteiger partial charge in [-0.05, 0) is 6.42 Å². The third kappa shape index (κ3) is 23.7. The van der Waals surface area contributed by atoms with Gasteiger partial charge in [-0.2, -0.15) is 0 Å². The molecule has 0 heterocycles. The van der Waals surface area contributed by atoms with E-state index in [0.29, 0.717) is 12.8 Å². The van der Waals surface area contributed by atoms with Gasteiger partial charge < -0.3 is 19.0 Å². The van der Waals surface area contributed by atoms with Crippen molar-refractivity contribution in [3.63, 3.8) is 0 Å². The van der Waals surface area contributed by atoms with Crippen LogP contribution in [-0.4, -0.2) is 29.0 Å². The summed E-state index contributed by atoms with van der Waals surface area (Å²) in [6.45, 7) is 2.74. The van der Waals surface area contributed by atoms with E-state index in [9.17, 15) is 4.79 Å². The first-order valence-electron chi connectivity index (χ1n) is 11.1. The largest absolute Gasteiger partial charge is 0.466 e. The van der Waals surface area contributed by atoms with Crippen LogP contribution >= 0.6 is 8.60 Å². The second kappa shape index (κ2) is 22.1. The van der Waals surface area contributed by atoms with Gasteiger partial charge in [-0.15, -0.1) is 0 Å². The average Bonchev–Trinajstić information content (AvgIpc) is 2.64. The lowest BCUT2D eigenvalue weighted by molar-refractivity contribution is -0.144. The Morgan fingerprint density at radius 1 is 0.667 bits per heavy atom. The SMILES string of the molecule is CCCCCCCCCCCCCCCCCC(=O)OCCCOP(O)O. The number of carbonyl (C=O) groups excluding carboxylic acids is 1. The van der Waals surface area contributed by atoms with E-state index in [-0.39, 0.29) is 19.2 Å². The minimum atomic E-state index is -2.30. The van der Waals surface area contributed by atoms with Crippen molar-refractivity contribution in [2.45, 2.75) is 116 Å². The fourth-order valence-electron chi connectivity index (χ4n) is 3.10. The Balaban J connectivity index is 3.12. The van der Waals surface area contributed by atoms with Gasteiger partial charge in [0.15, 0.2) is 0 Å². The Bertz CT molecular complexity index is 313. The summed E-state index contributed by atoms with van der Waals surface area (Å²) in [5.41, 5.74) is 0. The van der Waals surface area contributed by atoms with E-state index in [1.165, 1.54) is 83.5 Å². The maximum absolute atomic E-state index is 11.5. The van der Waals surface area contributed by atoms with Crippen LogP contribution in [0, 0.1) is 0 Å². The van der Waals surface area contributed by atoms with Crippen molar-refractivity contribution in [2.24, 2.45) is 0 Å². The van der Waals surface area contributed by atoms with Crippen LogP contribution in [-0.2, 0) is 14.1 Å². The van der Waals surface area contributed by atoms with Gasteiger partial charge in [0.25, 0.3) is 0 Å². The van der Waals surface area contributed by atoms with Crippen molar-refractivity contribution in [3.8, 4) is 0 Å². The van der Waals surface area contributed by atoms with Gasteiger partial charge in [0.2, 0.25) is 0 Å². The smallest absolute Gasteiger partial charge is 0.327 e. The highest BCUT2D eigenvalue weighted by molar-refractivity contribution is 7.39. The summed E-state index contributed by atoms with van der Waals surface area (Å²) in [7, 11) is -2.30. The molecule has 0 aromatic heterocycles. The van der Waals surface area contributed by atoms with E-state index in [4.69, 9.17) is 14.5 Å². The van der Waals surface area contributed by atoms with E-state index in [2.05, 4.69) is 11.4 Å². The summed E-state index contributed by atoms with van der Waals surface area (Å²) < 4.78 is 9.67. The zero-order valence-electron chi connectivity index (χ0n) is 17.5. The molecule has 0 amide bonds. The first-order chi connectivity index (χ1) is 13.2. The quantitative estimate of drug-likeness (QED) is 0.131. The summed E-state index contributed by atoms with van der Waals surface area (Å²) in [4.78, 5) is 28.6. The molecule has 0 aliphatic heterocycles. The number of unbranched alkanes of at least 4 members (excludes halogenated alkanes) is 14. The van der Waals surface area contributed by atoms with Crippen LogP contribution in [0.25, 0.3) is 0 Å². The highest BCUT2D eigenvalue weighted by Crippen LogP contribution is 2.23. The lowest BCUT2D eigenvalue weighted by Crippen LogP contribution is -2.07. The molecule has 162 valence electrons. The number of hydrogen-bond acceptors (Lipinski definition) is 5. The Hall–Kier alpha value is -0.220.